The number of rotatable bonds is 4. The number of ether oxygens (including phenoxy) is 1. The molecule has 0 bridgehead atoms. The molecule has 0 saturated carbocycles. The molecule has 0 aliphatic carbocycles. The zero-order valence-corrected chi connectivity index (χ0v) is 11.1. The van der Waals surface area contributed by atoms with Gasteiger partial charge in [-0.2, -0.15) is 0 Å². The van der Waals surface area contributed by atoms with E-state index >= 15 is 0 Å². The summed E-state index contributed by atoms with van der Waals surface area (Å²) in [6, 6.07) is 4.26. The van der Waals surface area contributed by atoms with E-state index in [-0.39, 0.29) is 11.7 Å². The zero-order chi connectivity index (χ0) is 14.0. The van der Waals surface area contributed by atoms with Crippen molar-refractivity contribution in [3.8, 4) is 5.75 Å². The number of carbonyl (C=O) groups is 1. The van der Waals surface area contributed by atoms with E-state index in [0.717, 1.165) is 18.5 Å². The van der Waals surface area contributed by atoms with Gasteiger partial charge in [-0.1, -0.05) is 13.0 Å². The fourth-order valence-electron chi connectivity index (χ4n) is 2.65. The highest BCUT2D eigenvalue weighted by Gasteiger charge is 2.36. The first-order valence-corrected chi connectivity index (χ1v) is 6.32. The second-order valence-electron chi connectivity index (χ2n) is 4.99. The Hall–Kier alpha value is -1.62. The van der Waals surface area contributed by atoms with Crippen LogP contribution in [0.3, 0.4) is 0 Å². The molecule has 2 rings (SSSR count). The third kappa shape index (κ3) is 2.87. The number of nitrogens with zero attached hydrogens (tertiary/aromatic N) is 1. The Morgan fingerprint density at radius 2 is 2.32 bits per heavy atom. The number of benzene rings is 1. The first-order chi connectivity index (χ1) is 9.02. The van der Waals surface area contributed by atoms with Gasteiger partial charge in [-0.3, -0.25) is 9.69 Å². The second kappa shape index (κ2) is 5.57. The number of methoxy groups -OCH3 is 1. The van der Waals surface area contributed by atoms with Crippen molar-refractivity contribution in [1.29, 1.82) is 0 Å². The molecule has 2 atom stereocenters. The minimum atomic E-state index is -0.806. The van der Waals surface area contributed by atoms with Crippen LogP contribution in [0.2, 0.25) is 0 Å². The zero-order valence-electron chi connectivity index (χ0n) is 11.1. The monoisotopic (exact) mass is 267 g/mol. The quantitative estimate of drug-likeness (QED) is 0.908. The molecular weight excluding hydrogens is 249 g/mol. The summed E-state index contributed by atoms with van der Waals surface area (Å²) in [6.07, 6.45) is 0.857. The fraction of sp³-hybridized carbons (Fsp3) is 0.500. The van der Waals surface area contributed by atoms with Gasteiger partial charge in [0.15, 0.2) is 11.6 Å². The summed E-state index contributed by atoms with van der Waals surface area (Å²) in [5.41, 5.74) is 0.763. The van der Waals surface area contributed by atoms with Gasteiger partial charge in [0.1, 0.15) is 6.04 Å². The van der Waals surface area contributed by atoms with Gasteiger partial charge in [-0.15, -0.1) is 0 Å². The molecule has 1 saturated heterocycles. The van der Waals surface area contributed by atoms with Gasteiger partial charge in [0, 0.05) is 6.54 Å². The molecule has 1 N–H and O–H groups in total. The van der Waals surface area contributed by atoms with Crippen LogP contribution in [-0.4, -0.2) is 35.7 Å². The van der Waals surface area contributed by atoms with Crippen LogP contribution in [0.25, 0.3) is 0 Å². The van der Waals surface area contributed by atoms with Crippen molar-refractivity contribution < 1.29 is 19.0 Å². The van der Waals surface area contributed by atoms with E-state index in [1.807, 2.05) is 11.8 Å². The summed E-state index contributed by atoms with van der Waals surface area (Å²) >= 11 is 0. The molecule has 4 nitrogen and oxygen atoms in total. The number of carboxylic acid groups (broad SMARTS) is 1. The van der Waals surface area contributed by atoms with Crippen LogP contribution >= 0.6 is 0 Å². The van der Waals surface area contributed by atoms with Crippen molar-refractivity contribution in [1.82, 2.24) is 4.90 Å². The molecule has 0 aromatic heterocycles. The molecule has 1 aromatic rings. The van der Waals surface area contributed by atoms with Gasteiger partial charge < -0.3 is 9.84 Å². The topological polar surface area (TPSA) is 49.8 Å². The molecule has 5 heteroatoms. The Labute approximate surface area is 111 Å². The minimum absolute atomic E-state index is 0.126. The normalized spacial score (nSPS) is 23.5. The smallest absolute Gasteiger partial charge is 0.321 e. The SMILES string of the molecule is COc1ccc(CN2CCC(C)C2C(=O)O)cc1F. The Morgan fingerprint density at radius 1 is 1.58 bits per heavy atom. The van der Waals surface area contributed by atoms with E-state index in [4.69, 9.17) is 4.74 Å². The molecular formula is C14H18FNO3. The molecule has 1 heterocycles. The van der Waals surface area contributed by atoms with Crippen molar-refractivity contribution in [3.05, 3.63) is 29.6 Å². The average molecular weight is 267 g/mol. The van der Waals surface area contributed by atoms with Crippen LogP contribution in [0, 0.1) is 11.7 Å². The number of halogens is 1. The standard InChI is InChI=1S/C14H18FNO3/c1-9-5-6-16(13(9)14(17)18)8-10-3-4-12(19-2)11(15)7-10/h3-4,7,9,13H,5-6,8H2,1-2H3,(H,17,18). The Morgan fingerprint density at radius 3 is 2.89 bits per heavy atom. The lowest BCUT2D eigenvalue weighted by atomic mass is 10.0. The highest BCUT2D eigenvalue weighted by atomic mass is 19.1. The molecule has 19 heavy (non-hydrogen) atoms. The molecule has 1 fully saturated rings. The molecule has 1 aliphatic rings. The van der Waals surface area contributed by atoms with Gasteiger partial charge in [-0.05, 0) is 36.6 Å². The van der Waals surface area contributed by atoms with E-state index in [2.05, 4.69) is 0 Å². The molecule has 0 amide bonds. The van der Waals surface area contributed by atoms with Gasteiger partial charge in [0.25, 0.3) is 0 Å². The largest absolute Gasteiger partial charge is 0.494 e. The highest BCUT2D eigenvalue weighted by Crippen LogP contribution is 2.27. The van der Waals surface area contributed by atoms with Gasteiger partial charge in [0.05, 0.1) is 7.11 Å². The number of aliphatic carboxylic acids is 1. The van der Waals surface area contributed by atoms with Crippen LogP contribution in [0.5, 0.6) is 5.75 Å². The summed E-state index contributed by atoms with van der Waals surface area (Å²) in [5, 5.41) is 9.23. The Kier molecular flexibility index (Phi) is 4.04. The first-order valence-electron chi connectivity index (χ1n) is 6.32. The molecule has 1 aliphatic heterocycles. The second-order valence-corrected chi connectivity index (χ2v) is 4.99. The number of carboxylic acids is 1. The lowest BCUT2D eigenvalue weighted by Crippen LogP contribution is -2.38. The van der Waals surface area contributed by atoms with Crippen LogP contribution in [0.15, 0.2) is 18.2 Å². The lowest BCUT2D eigenvalue weighted by Gasteiger charge is -2.23. The highest BCUT2D eigenvalue weighted by molar-refractivity contribution is 5.74. The number of likely N-dealkylation sites (tertiary alicyclic amines) is 1. The summed E-state index contributed by atoms with van der Waals surface area (Å²) in [4.78, 5) is 13.1. The lowest BCUT2D eigenvalue weighted by molar-refractivity contribution is -0.143. The van der Waals surface area contributed by atoms with Crippen molar-refractivity contribution in [3.63, 3.8) is 0 Å². The van der Waals surface area contributed by atoms with Crippen molar-refractivity contribution >= 4 is 5.97 Å². The third-order valence-electron chi connectivity index (χ3n) is 3.66. The minimum Gasteiger partial charge on any atom is -0.494 e. The molecule has 104 valence electrons. The first kappa shape index (κ1) is 13.8. The fourth-order valence-corrected chi connectivity index (χ4v) is 2.65. The van der Waals surface area contributed by atoms with E-state index in [9.17, 15) is 14.3 Å². The van der Waals surface area contributed by atoms with Crippen LogP contribution in [0.4, 0.5) is 4.39 Å². The van der Waals surface area contributed by atoms with Crippen molar-refractivity contribution in [2.24, 2.45) is 5.92 Å². The maximum atomic E-state index is 13.6. The van der Waals surface area contributed by atoms with Crippen LogP contribution in [-0.2, 0) is 11.3 Å². The predicted molar refractivity (Wildman–Crippen MR) is 68.6 cm³/mol. The summed E-state index contributed by atoms with van der Waals surface area (Å²) in [6.45, 7) is 3.11. The molecule has 0 radical (unpaired) electrons. The van der Waals surface area contributed by atoms with E-state index in [1.54, 1.807) is 12.1 Å². The van der Waals surface area contributed by atoms with Gasteiger partial charge in [-0.25, -0.2) is 4.39 Å². The molecule has 0 spiro atoms. The Balaban J connectivity index is 2.12. The summed E-state index contributed by atoms with van der Waals surface area (Å²) < 4.78 is 18.5. The van der Waals surface area contributed by atoms with Gasteiger partial charge in [0.2, 0.25) is 0 Å². The average Bonchev–Trinajstić information content (AvgIpc) is 2.70. The summed E-state index contributed by atoms with van der Waals surface area (Å²) in [5.74, 6) is -0.896. The maximum Gasteiger partial charge on any atom is 0.321 e. The third-order valence-corrected chi connectivity index (χ3v) is 3.66. The van der Waals surface area contributed by atoms with Crippen LogP contribution in [0.1, 0.15) is 18.9 Å². The molecule has 1 aromatic carbocycles. The predicted octanol–water partition coefficient (Wildman–Crippen LogP) is 2.13. The van der Waals surface area contributed by atoms with E-state index in [0.29, 0.717) is 6.54 Å². The van der Waals surface area contributed by atoms with E-state index in [1.165, 1.54) is 13.2 Å². The number of hydrogen-bond acceptors (Lipinski definition) is 3. The van der Waals surface area contributed by atoms with Crippen LogP contribution < -0.4 is 4.74 Å². The maximum absolute atomic E-state index is 13.6. The molecule has 2 unspecified atom stereocenters. The number of hydrogen-bond donors (Lipinski definition) is 1. The Bertz CT molecular complexity index is 478. The summed E-state index contributed by atoms with van der Waals surface area (Å²) in [7, 11) is 1.42. The van der Waals surface area contributed by atoms with Crippen molar-refractivity contribution in [2.45, 2.75) is 25.9 Å². The van der Waals surface area contributed by atoms with Gasteiger partial charge >= 0.3 is 5.97 Å². The van der Waals surface area contributed by atoms with Crippen molar-refractivity contribution in [2.75, 3.05) is 13.7 Å². The van der Waals surface area contributed by atoms with E-state index < -0.39 is 17.8 Å².